The molecule has 1 aromatic heterocycles. The third-order valence-corrected chi connectivity index (χ3v) is 6.13. The average Bonchev–Trinajstić information content (AvgIpc) is 3.31. The number of amides is 1. The molecule has 1 saturated heterocycles. The normalized spacial score (nSPS) is 18.4. The number of nitrogens with zero attached hydrogens (tertiary/aromatic N) is 4. The number of aryl methyl sites for hydroxylation is 1. The van der Waals surface area contributed by atoms with E-state index in [-0.39, 0.29) is 12.7 Å². The molecule has 1 unspecified atom stereocenters. The smallest absolute Gasteiger partial charge is 0.410 e. The summed E-state index contributed by atoms with van der Waals surface area (Å²) in [7, 11) is 0. The maximum Gasteiger partial charge on any atom is 0.410 e. The van der Waals surface area contributed by atoms with E-state index < -0.39 is 0 Å². The van der Waals surface area contributed by atoms with Crippen molar-refractivity contribution >= 4 is 29.3 Å². The maximum absolute atomic E-state index is 12.7. The van der Waals surface area contributed by atoms with Crippen LogP contribution >= 0.6 is 23.2 Å². The summed E-state index contributed by atoms with van der Waals surface area (Å²) in [6.45, 7) is 6.60. The zero-order chi connectivity index (χ0) is 20.4. The van der Waals surface area contributed by atoms with Gasteiger partial charge in [-0.25, -0.2) is 4.79 Å². The summed E-state index contributed by atoms with van der Waals surface area (Å²) >= 11 is 12.0. The number of halogens is 2. The van der Waals surface area contributed by atoms with Crippen LogP contribution in [-0.4, -0.2) is 45.3 Å². The molecule has 0 radical (unpaired) electrons. The number of rotatable bonds is 4. The zero-order valence-corrected chi connectivity index (χ0v) is 18.1. The predicted molar refractivity (Wildman–Crippen MR) is 113 cm³/mol. The van der Waals surface area contributed by atoms with Gasteiger partial charge in [0.25, 0.3) is 0 Å². The van der Waals surface area contributed by atoms with Gasteiger partial charge < -0.3 is 9.64 Å². The Bertz CT molecular complexity index is 859. The van der Waals surface area contributed by atoms with Crippen LogP contribution in [0.2, 0.25) is 10.0 Å². The minimum absolute atomic E-state index is 0.145. The molecule has 29 heavy (non-hydrogen) atoms. The molecule has 156 valence electrons. The van der Waals surface area contributed by atoms with Crippen molar-refractivity contribution in [3.05, 3.63) is 51.3 Å². The molecule has 8 heteroatoms. The highest BCUT2D eigenvalue weighted by Gasteiger charge is 2.26. The number of hydrogen-bond donors (Lipinski definition) is 0. The van der Waals surface area contributed by atoms with Crippen LogP contribution in [-0.2, 0) is 24.4 Å². The summed E-state index contributed by atoms with van der Waals surface area (Å²) in [5.41, 5.74) is 2.93. The van der Waals surface area contributed by atoms with E-state index in [0.29, 0.717) is 29.2 Å². The lowest BCUT2D eigenvalue weighted by molar-refractivity contribution is 0.0942. The van der Waals surface area contributed by atoms with Gasteiger partial charge >= 0.3 is 6.09 Å². The third kappa shape index (κ3) is 4.87. The number of ether oxygens (including phenoxy) is 1. The number of benzene rings is 1. The molecule has 1 fully saturated rings. The van der Waals surface area contributed by atoms with E-state index in [9.17, 15) is 4.79 Å². The second-order valence-corrected chi connectivity index (χ2v) is 8.68. The largest absolute Gasteiger partial charge is 0.445 e. The number of likely N-dealkylation sites (tertiary alicyclic amines) is 1. The highest BCUT2D eigenvalue weighted by atomic mass is 35.5. The molecule has 4 rings (SSSR count). The molecule has 0 saturated carbocycles. The van der Waals surface area contributed by atoms with E-state index in [1.807, 2.05) is 4.68 Å². The van der Waals surface area contributed by atoms with E-state index in [4.69, 9.17) is 33.0 Å². The lowest BCUT2D eigenvalue weighted by Crippen LogP contribution is -2.31. The highest BCUT2D eigenvalue weighted by Crippen LogP contribution is 2.26. The van der Waals surface area contributed by atoms with Gasteiger partial charge in [-0.15, -0.1) is 0 Å². The summed E-state index contributed by atoms with van der Waals surface area (Å²) in [5.74, 6) is 0. The van der Waals surface area contributed by atoms with Gasteiger partial charge in [-0.1, -0.05) is 23.2 Å². The molecular weight excluding hydrogens is 411 g/mol. The van der Waals surface area contributed by atoms with Gasteiger partial charge in [-0.3, -0.25) is 9.58 Å². The van der Waals surface area contributed by atoms with Crippen molar-refractivity contribution in [2.24, 2.45) is 0 Å². The van der Waals surface area contributed by atoms with Crippen LogP contribution < -0.4 is 0 Å². The molecular formula is C21H26Cl2N4O2. The third-order valence-electron chi connectivity index (χ3n) is 5.69. The Morgan fingerprint density at radius 1 is 1.07 bits per heavy atom. The number of carbonyl (C=O) groups excluding carboxylic acids is 1. The number of fused-ring (bicyclic) bond motifs is 1. The Morgan fingerprint density at radius 3 is 2.52 bits per heavy atom. The van der Waals surface area contributed by atoms with Crippen LogP contribution in [0.15, 0.2) is 24.3 Å². The average molecular weight is 437 g/mol. The highest BCUT2D eigenvalue weighted by molar-refractivity contribution is 6.34. The van der Waals surface area contributed by atoms with Gasteiger partial charge in [-0.2, -0.15) is 5.10 Å². The molecule has 6 nitrogen and oxygen atoms in total. The van der Waals surface area contributed by atoms with Crippen molar-refractivity contribution in [2.45, 2.75) is 51.9 Å². The molecule has 0 bridgehead atoms. The molecule has 0 spiro atoms. The molecule has 1 aromatic carbocycles. The second-order valence-electron chi connectivity index (χ2n) is 7.81. The van der Waals surface area contributed by atoms with Crippen LogP contribution in [0.25, 0.3) is 0 Å². The fourth-order valence-corrected chi connectivity index (χ4v) is 4.66. The lowest BCUT2D eigenvalue weighted by atomic mass is 10.2. The Balaban J connectivity index is 1.40. The van der Waals surface area contributed by atoms with E-state index in [2.05, 4.69) is 17.9 Å². The van der Waals surface area contributed by atoms with E-state index in [1.54, 1.807) is 23.1 Å². The van der Waals surface area contributed by atoms with E-state index in [1.165, 1.54) is 12.8 Å². The summed E-state index contributed by atoms with van der Waals surface area (Å²) < 4.78 is 7.56. The van der Waals surface area contributed by atoms with E-state index >= 15 is 0 Å². The van der Waals surface area contributed by atoms with Gasteiger partial charge in [0.15, 0.2) is 0 Å². The quantitative estimate of drug-likeness (QED) is 0.684. The Morgan fingerprint density at radius 2 is 1.79 bits per heavy atom. The zero-order valence-electron chi connectivity index (χ0n) is 16.6. The molecule has 1 atom stereocenters. The number of aromatic nitrogens is 2. The van der Waals surface area contributed by atoms with Crippen molar-refractivity contribution in [3.63, 3.8) is 0 Å². The first-order valence-electron chi connectivity index (χ1n) is 10.2. The Kier molecular flexibility index (Phi) is 6.32. The first-order chi connectivity index (χ1) is 14.0. The second kappa shape index (κ2) is 8.94. The predicted octanol–water partition coefficient (Wildman–Crippen LogP) is 4.89. The minimum Gasteiger partial charge on any atom is -0.445 e. The van der Waals surface area contributed by atoms with Crippen molar-refractivity contribution in [1.29, 1.82) is 0 Å². The minimum atomic E-state index is -0.329. The van der Waals surface area contributed by atoms with Crippen LogP contribution in [0, 0.1) is 0 Å². The summed E-state index contributed by atoms with van der Waals surface area (Å²) in [4.78, 5) is 16.9. The van der Waals surface area contributed by atoms with Gasteiger partial charge in [0.05, 0.1) is 24.0 Å². The maximum atomic E-state index is 12.7. The van der Waals surface area contributed by atoms with Gasteiger partial charge in [0, 0.05) is 23.1 Å². The number of carbonyl (C=O) groups is 1. The van der Waals surface area contributed by atoms with Gasteiger partial charge in [0.2, 0.25) is 0 Å². The van der Waals surface area contributed by atoms with Gasteiger partial charge in [0.1, 0.15) is 6.61 Å². The molecule has 1 amide bonds. The molecule has 2 aliphatic heterocycles. The van der Waals surface area contributed by atoms with Crippen LogP contribution in [0.5, 0.6) is 0 Å². The monoisotopic (exact) mass is 436 g/mol. The van der Waals surface area contributed by atoms with Crippen molar-refractivity contribution in [1.82, 2.24) is 19.6 Å². The molecule has 3 heterocycles. The van der Waals surface area contributed by atoms with Crippen LogP contribution in [0.4, 0.5) is 4.79 Å². The molecule has 0 N–H and O–H groups in total. The van der Waals surface area contributed by atoms with Gasteiger partial charge in [-0.05, 0) is 69.1 Å². The summed E-state index contributed by atoms with van der Waals surface area (Å²) in [6.07, 6.45) is 3.04. The van der Waals surface area contributed by atoms with Crippen molar-refractivity contribution in [2.75, 3.05) is 19.6 Å². The van der Waals surface area contributed by atoms with Crippen molar-refractivity contribution in [3.8, 4) is 0 Å². The first-order valence-corrected chi connectivity index (χ1v) is 10.9. The summed E-state index contributed by atoms with van der Waals surface area (Å²) in [5, 5.41) is 5.89. The molecule has 2 aliphatic rings. The van der Waals surface area contributed by atoms with Crippen LogP contribution in [0.3, 0.4) is 0 Å². The van der Waals surface area contributed by atoms with Crippen molar-refractivity contribution < 1.29 is 9.53 Å². The topological polar surface area (TPSA) is 50.6 Å². The summed E-state index contributed by atoms with van der Waals surface area (Å²) in [6, 6.07) is 7.62. The first kappa shape index (κ1) is 20.5. The Hall–Kier alpha value is -1.76. The standard InChI is InChI=1S/C21H26Cl2N4O2/c1-15(25-5-2-3-6-25)20-12-19-13-26(7-4-8-27(19)24-20)21(28)29-14-16-9-17(22)11-18(23)10-16/h9-12,15H,2-8,13-14H2,1H3. The number of hydrogen-bond acceptors (Lipinski definition) is 4. The fraction of sp³-hybridized carbons (Fsp3) is 0.524. The lowest BCUT2D eigenvalue weighted by Gasteiger charge is -2.22. The SMILES string of the molecule is CC(c1cc2n(n1)CCCN(C(=O)OCc1cc(Cl)cc(Cl)c1)C2)N1CCCC1. The molecule has 2 aromatic rings. The van der Waals surface area contributed by atoms with Crippen LogP contribution in [0.1, 0.15) is 49.2 Å². The van der Waals surface area contributed by atoms with E-state index in [0.717, 1.165) is 43.0 Å². The molecule has 0 aliphatic carbocycles. The fourth-order valence-electron chi connectivity index (χ4n) is 4.09. The Labute approximate surface area is 181 Å².